The Labute approximate surface area is 85.7 Å². The minimum atomic E-state index is -0.747. The average molecular weight is 220 g/mol. The second-order valence-corrected chi connectivity index (χ2v) is 5.54. The van der Waals surface area contributed by atoms with Gasteiger partial charge < -0.3 is 5.73 Å². The zero-order valence-electron chi connectivity index (χ0n) is 7.26. The molecule has 0 radical (unpaired) electrons. The summed E-state index contributed by atoms with van der Waals surface area (Å²) in [5.74, 6) is 0. The second-order valence-electron chi connectivity index (χ2n) is 3.80. The molecule has 1 nitrogen and oxygen atoms in total. The topological polar surface area (TPSA) is 26.0 Å². The van der Waals surface area contributed by atoms with Gasteiger partial charge in [-0.25, -0.2) is 4.39 Å². The van der Waals surface area contributed by atoms with Gasteiger partial charge in [-0.1, -0.05) is 18.5 Å². The predicted octanol–water partition coefficient (Wildman–Crippen LogP) is 3.15. The fourth-order valence-electron chi connectivity index (χ4n) is 1.47. The van der Waals surface area contributed by atoms with Gasteiger partial charge >= 0.3 is 0 Å². The molecular weight excluding hydrogens is 209 g/mol. The molecule has 72 valence electrons. The molecule has 3 atom stereocenters. The summed E-state index contributed by atoms with van der Waals surface area (Å²) in [5.41, 5.74) is 5.60. The Balaban J connectivity index is 2.18. The van der Waals surface area contributed by atoms with Gasteiger partial charge in [0.2, 0.25) is 0 Å². The smallest absolute Gasteiger partial charge is 0.108 e. The van der Waals surface area contributed by atoms with Crippen molar-refractivity contribution in [1.29, 1.82) is 0 Å². The van der Waals surface area contributed by atoms with Gasteiger partial charge in [0.1, 0.15) is 6.17 Å². The first kappa shape index (κ1) is 9.44. The van der Waals surface area contributed by atoms with Crippen LogP contribution in [0.2, 0.25) is 4.34 Å². The molecule has 1 aliphatic rings. The van der Waals surface area contributed by atoms with Crippen molar-refractivity contribution in [3.63, 3.8) is 0 Å². The zero-order chi connectivity index (χ0) is 9.64. The van der Waals surface area contributed by atoms with E-state index in [4.69, 9.17) is 17.3 Å². The molecule has 2 rings (SSSR count). The highest BCUT2D eigenvalue weighted by Gasteiger charge is 2.55. The number of nitrogens with two attached hydrogens (primary N) is 1. The maximum Gasteiger partial charge on any atom is 0.108 e. The highest BCUT2D eigenvalue weighted by Crippen LogP contribution is 2.56. The van der Waals surface area contributed by atoms with Gasteiger partial charge in [-0.15, -0.1) is 11.3 Å². The summed E-state index contributed by atoms with van der Waals surface area (Å²) in [6.07, 6.45) is -0.174. The molecule has 1 aliphatic carbocycles. The molecule has 1 fully saturated rings. The van der Waals surface area contributed by atoms with Crippen LogP contribution < -0.4 is 5.73 Å². The molecule has 1 saturated carbocycles. The Bertz CT molecular complexity index is 327. The minimum Gasteiger partial charge on any atom is -0.323 e. The van der Waals surface area contributed by atoms with Crippen LogP contribution in [0.25, 0.3) is 0 Å². The van der Waals surface area contributed by atoms with Crippen molar-refractivity contribution in [2.24, 2.45) is 11.1 Å². The van der Waals surface area contributed by atoms with Crippen LogP contribution in [-0.2, 0) is 0 Å². The summed E-state index contributed by atoms with van der Waals surface area (Å²) < 4.78 is 13.7. The summed E-state index contributed by atoms with van der Waals surface area (Å²) in [6, 6.07) is 3.48. The van der Waals surface area contributed by atoms with Gasteiger partial charge in [0, 0.05) is 16.3 Å². The Kier molecular flexibility index (Phi) is 2.13. The summed E-state index contributed by atoms with van der Waals surface area (Å²) >= 11 is 7.22. The van der Waals surface area contributed by atoms with Crippen molar-refractivity contribution in [2.75, 3.05) is 0 Å². The third kappa shape index (κ3) is 1.49. The lowest BCUT2D eigenvalue weighted by molar-refractivity contribution is 0.335. The van der Waals surface area contributed by atoms with Crippen LogP contribution in [0, 0.1) is 5.41 Å². The Morgan fingerprint density at radius 1 is 1.77 bits per heavy atom. The highest BCUT2D eigenvalue weighted by molar-refractivity contribution is 7.16. The molecule has 1 aromatic heterocycles. The molecule has 4 heteroatoms. The Morgan fingerprint density at radius 2 is 2.38 bits per heavy atom. The molecule has 0 saturated heterocycles. The van der Waals surface area contributed by atoms with E-state index < -0.39 is 6.17 Å². The number of hydrogen-bond acceptors (Lipinski definition) is 2. The van der Waals surface area contributed by atoms with Crippen LogP contribution in [-0.4, -0.2) is 6.17 Å². The number of halogens is 2. The number of alkyl halides is 1. The SMILES string of the molecule is CC1(C(N)c2ccc(Cl)s2)CC1F. The van der Waals surface area contributed by atoms with E-state index in [1.165, 1.54) is 11.3 Å². The highest BCUT2D eigenvalue weighted by atomic mass is 35.5. The van der Waals surface area contributed by atoms with Gasteiger partial charge in [-0.2, -0.15) is 0 Å². The van der Waals surface area contributed by atoms with Crippen molar-refractivity contribution in [3.05, 3.63) is 21.3 Å². The maximum atomic E-state index is 13.0. The van der Waals surface area contributed by atoms with E-state index in [1.807, 2.05) is 13.0 Å². The predicted molar refractivity (Wildman–Crippen MR) is 53.9 cm³/mol. The summed E-state index contributed by atoms with van der Waals surface area (Å²) in [5, 5.41) is 0. The molecule has 1 aromatic rings. The molecule has 0 aliphatic heterocycles. The number of rotatable bonds is 2. The zero-order valence-corrected chi connectivity index (χ0v) is 8.83. The quantitative estimate of drug-likeness (QED) is 0.813. The standard InChI is InChI=1S/C9H11ClFNS/c1-9(4-6(9)11)8(12)5-2-3-7(10)13-5/h2-3,6,8H,4,12H2,1H3. The molecule has 0 bridgehead atoms. The fourth-order valence-corrected chi connectivity index (χ4v) is 2.69. The van der Waals surface area contributed by atoms with E-state index in [1.54, 1.807) is 6.07 Å². The molecular formula is C9H11ClFNS. The lowest BCUT2D eigenvalue weighted by Crippen LogP contribution is -2.21. The maximum absolute atomic E-state index is 13.0. The van der Waals surface area contributed by atoms with Crippen molar-refractivity contribution < 1.29 is 4.39 Å². The van der Waals surface area contributed by atoms with Gasteiger partial charge in [-0.3, -0.25) is 0 Å². The number of hydrogen-bond donors (Lipinski definition) is 1. The average Bonchev–Trinajstić information content (AvgIpc) is 2.51. The van der Waals surface area contributed by atoms with Crippen molar-refractivity contribution in [2.45, 2.75) is 25.6 Å². The summed E-state index contributed by atoms with van der Waals surface area (Å²) in [6.45, 7) is 1.88. The molecule has 2 N–H and O–H groups in total. The van der Waals surface area contributed by atoms with Crippen LogP contribution in [0.3, 0.4) is 0 Å². The molecule has 3 unspecified atom stereocenters. The molecule has 0 amide bonds. The first-order chi connectivity index (χ1) is 6.04. The fraction of sp³-hybridized carbons (Fsp3) is 0.556. The Morgan fingerprint density at radius 3 is 2.77 bits per heavy atom. The van der Waals surface area contributed by atoms with Crippen molar-refractivity contribution >= 4 is 22.9 Å². The first-order valence-electron chi connectivity index (χ1n) is 4.19. The van der Waals surface area contributed by atoms with E-state index in [0.717, 1.165) is 4.88 Å². The van der Waals surface area contributed by atoms with Gasteiger partial charge in [0.05, 0.1) is 4.34 Å². The van der Waals surface area contributed by atoms with Crippen LogP contribution >= 0.6 is 22.9 Å². The third-order valence-electron chi connectivity index (χ3n) is 2.79. The van der Waals surface area contributed by atoms with E-state index >= 15 is 0 Å². The van der Waals surface area contributed by atoms with E-state index in [-0.39, 0.29) is 11.5 Å². The molecule has 1 heterocycles. The van der Waals surface area contributed by atoms with Crippen LogP contribution in [0.15, 0.2) is 12.1 Å². The minimum absolute atomic E-state index is 0.208. The summed E-state index contributed by atoms with van der Waals surface area (Å²) in [7, 11) is 0. The molecule has 13 heavy (non-hydrogen) atoms. The molecule has 0 spiro atoms. The normalized spacial score (nSPS) is 34.6. The van der Waals surface area contributed by atoms with Crippen LogP contribution in [0.1, 0.15) is 24.3 Å². The Hall–Kier alpha value is -0.120. The third-order valence-corrected chi connectivity index (χ3v) is 4.10. The van der Waals surface area contributed by atoms with Gasteiger partial charge in [-0.05, 0) is 18.6 Å². The van der Waals surface area contributed by atoms with E-state index in [9.17, 15) is 4.39 Å². The first-order valence-corrected chi connectivity index (χ1v) is 5.38. The van der Waals surface area contributed by atoms with E-state index in [2.05, 4.69) is 0 Å². The van der Waals surface area contributed by atoms with Gasteiger partial charge in [0.15, 0.2) is 0 Å². The van der Waals surface area contributed by atoms with Crippen LogP contribution in [0.4, 0.5) is 4.39 Å². The van der Waals surface area contributed by atoms with Crippen molar-refractivity contribution in [1.82, 2.24) is 0 Å². The van der Waals surface area contributed by atoms with E-state index in [0.29, 0.717) is 10.8 Å². The monoisotopic (exact) mass is 219 g/mol. The van der Waals surface area contributed by atoms with Gasteiger partial charge in [0.25, 0.3) is 0 Å². The van der Waals surface area contributed by atoms with Crippen molar-refractivity contribution in [3.8, 4) is 0 Å². The summed E-state index contributed by atoms with van der Waals surface area (Å²) in [4.78, 5) is 0.979. The second kappa shape index (κ2) is 2.94. The largest absolute Gasteiger partial charge is 0.323 e. The number of thiophene rings is 1. The lowest BCUT2D eigenvalue weighted by Gasteiger charge is -2.16. The van der Waals surface area contributed by atoms with Crippen LogP contribution in [0.5, 0.6) is 0 Å². The molecule has 0 aromatic carbocycles. The lowest BCUT2D eigenvalue weighted by atomic mass is 9.98.